The van der Waals surface area contributed by atoms with Crippen molar-refractivity contribution >= 4 is 21.9 Å². The Morgan fingerprint density at radius 1 is 1.03 bits per heavy atom. The molecule has 0 saturated heterocycles. The monoisotopic (exact) mass is 434 g/mol. The van der Waals surface area contributed by atoms with Crippen molar-refractivity contribution in [2.75, 3.05) is 13.7 Å². The molecule has 0 aromatic heterocycles. The van der Waals surface area contributed by atoms with Crippen LogP contribution >= 0.6 is 0 Å². The van der Waals surface area contributed by atoms with Gasteiger partial charge in [-0.15, -0.1) is 0 Å². The number of rotatable bonds is 11. The molecule has 1 unspecified atom stereocenters. The van der Waals surface area contributed by atoms with E-state index in [1.54, 1.807) is 6.92 Å². The highest BCUT2D eigenvalue weighted by Gasteiger charge is 2.21. The van der Waals surface area contributed by atoms with Crippen LogP contribution in [-0.4, -0.2) is 40.1 Å². The Balaban J connectivity index is 1.79. The first-order chi connectivity index (χ1) is 14.4. The molecule has 162 valence electrons. The van der Waals surface area contributed by atoms with Gasteiger partial charge in [-0.25, -0.2) is 13.1 Å². The standard InChI is InChI=1S/C21H26N2O6S/c1-3-19(21(25)22-15-16-7-5-4-6-8-16)29-20(24)13-14-23-30(26,27)18-11-9-17(28-2)10-12-18/h4-12,19,23H,3,13-15H2,1-2H3,(H,22,25). The van der Waals surface area contributed by atoms with Crippen LogP contribution in [0, 0.1) is 0 Å². The maximum absolute atomic E-state index is 12.3. The van der Waals surface area contributed by atoms with Gasteiger partial charge in [0, 0.05) is 13.1 Å². The van der Waals surface area contributed by atoms with Crippen LogP contribution < -0.4 is 14.8 Å². The summed E-state index contributed by atoms with van der Waals surface area (Å²) in [4.78, 5) is 24.3. The van der Waals surface area contributed by atoms with Crippen LogP contribution in [-0.2, 0) is 30.9 Å². The molecule has 2 N–H and O–H groups in total. The Morgan fingerprint density at radius 2 is 1.70 bits per heavy atom. The lowest BCUT2D eigenvalue weighted by Crippen LogP contribution is -2.37. The fraction of sp³-hybridized carbons (Fsp3) is 0.333. The molecule has 0 radical (unpaired) electrons. The summed E-state index contributed by atoms with van der Waals surface area (Å²) in [5.41, 5.74) is 0.931. The lowest BCUT2D eigenvalue weighted by atomic mass is 10.2. The third-order valence-corrected chi connectivity index (χ3v) is 5.71. The summed E-state index contributed by atoms with van der Waals surface area (Å²) in [7, 11) is -2.28. The fourth-order valence-corrected chi connectivity index (χ4v) is 3.60. The molecule has 0 saturated carbocycles. The van der Waals surface area contributed by atoms with Crippen LogP contribution in [0.25, 0.3) is 0 Å². The van der Waals surface area contributed by atoms with E-state index < -0.39 is 28.0 Å². The molecule has 0 bridgehead atoms. The van der Waals surface area contributed by atoms with Gasteiger partial charge in [-0.05, 0) is 36.2 Å². The van der Waals surface area contributed by atoms with E-state index in [1.165, 1.54) is 31.4 Å². The zero-order valence-corrected chi connectivity index (χ0v) is 17.8. The van der Waals surface area contributed by atoms with E-state index in [0.717, 1.165) is 5.56 Å². The number of carbonyl (C=O) groups excluding carboxylic acids is 2. The molecule has 9 heteroatoms. The molecular formula is C21H26N2O6S. The van der Waals surface area contributed by atoms with Gasteiger partial charge >= 0.3 is 5.97 Å². The van der Waals surface area contributed by atoms with Crippen molar-refractivity contribution in [3.63, 3.8) is 0 Å². The fourth-order valence-electron chi connectivity index (χ4n) is 2.56. The molecule has 0 aliphatic rings. The quantitative estimate of drug-likeness (QED) is 0.524. The third-order valence-electron chi connectivity index (χ3n) is 4.24. The van der Waals surface area contributed by atoms with Crippen molar-refractivity contribution in [1.82, 2.24) is 10.0 Å². The third kappa shape index (κ3) is 7.16. The van der Waals surface area contributed by atoms with Gasteiger partial charge in [-0.1, -0.05) is 37.3 Å². The number of nitrogens with one attached hydrogen (secondary N) is 2. The zero-order valence-electron chi connectivity index (χ0n) is 17.0. The molecule has 0 aliphatic heterocycles. The number of carbonyl (C=O) groups is 2. The van der Waals surface area contributed by atoms with Crippen molar-refractivity contribution in [1.29, 1.82) is 0 Å². The van der Waals surface area contributed by atoms with Gasteiger partial charge in [0.15, 0.2) is 6.10 Å². The highest BCUT2D eigenvalue weighted by atomic mass is 32.2. The number of esters is 1. The number of methoxy groups -OCH3 is 1. The molecule has 2 aromatic carbocycles. The normalized spacial score (nSPS) is 12.1. The average Bonchev–Trinajstić information content (AvgIpc) is 2.76. The average molecular weight is 435 g/mol. The molecule has 2 rings (SSSR count). The Bertz CT molecular complexity index is 930. The topological polar surface area (TPSA) is 111 Å². The highest BCUT2D eigenvalue weighted by molar-refractivity contribution is 7.89. The van der Waals surface area contributed by atoms with E-state index >= 15 is 0 Å². The van der Waals surface area contributed by atoms with E-state index in [0.29, 0.717) is 18.7 Å². The maximum atomic E-state index is 12.3. The summed E-state index contributed by atoms with van der Waals surface area (Å²) in [5, 5.41) is 2.73. The summed E-state index contributed by atoms with van der Waals surface area (Å²) < 4.78 is 37.0. The molecule has 0 aliphatic carbocycles. The Labute approximate surface area is 176 Å². The molecule has 0 spiro atoms. The van der Waals surface area contributed by atoms with E-state index in [2.05, 4.69) is 10.0 Å². The summed E-state index contributed by atoms with van der Waals surface area (Å²) in [6.07, 6.45) is -0.818. The molecule has 1 atom stereocenters. The number of hydrogen-bond acceptors (Lipinski definition) is 6. The van der Waals surface area contributed by atoms with Gasteiger partial charge in [0.1, 0.15) is 5.75 Å². The second-order valence-electron chi connectivity index (χ2n) is 6.41. The molecule has 0 heterocycles. The van der Waals surface area contributed by atoms with Crippen LogP contribution in [0.15, 0.2) is 59.5 Å². The van der Waals surface area contributed by atoms with Gasteiger partial charge in [-0.3, -0.25) is 9.59 Å². The van der Waals surface area contributed by atoms with E-state index in [1.807, 2.05) is 30.3 Å². The van der Waals surface area contributed by atoms with Crippen molar-refractivity contribution in [3.8, 4) is 5.75 Å². The predicted octanol–water partition coefficient (Wildman–Crippen LogP) is 2.00. The zero-order chi connectivity index (χ0) is 22.0. The van der Waals surface area contributed by atoms with Crippen molar-refractivity contribution < 1.29 is 27.5 Å². The molecule has 8 nitrogen and oxygen atoms in total. The largest absolute Gasteiger partial charge is 0.497 e. The summed E-state index contributed by atoms with van der Waals surface area (Å²) in [6, 6.07) is 15.2. The van der Waals surface area contributed by atoms with Crippen molar-refractivity contribution in [2.24, 2.45) is 0 Å². The molecule has 0 fully saturated rings. The smallest absolute Gasteiger partial charge is 0.307 e. The second-order valence-corrected chi connectivity index (χ2v) is 8.18. The van der Waals surface area contributed by atoms with Crippen molar-refractivity contribution in [3.05, 3.63) is 60.2 Å². The minimum absolute atomic E-state index is 0.0587. The van der Waals surface area contributed by atoms with Crippen LogP contribution in [0.2, 0.25) is 0 Å². The number of hydrogen-bond donors (Lipinski definition) is 2. The van der Waals surface area contributed by atoms with Gasteiger partial charge < -0.3 is 14.8 Å². The predicted molar refractivity (Wildman–Crippen MR) is 111 cm³/mol. The van der Waals surface area contributed by atoms with Crippen LogP contribution in [0.1, 0.15) is 25.3 Å². The first-order valence-electron chi connectivity index (χ1n) is 9.50. The van der Waals surface area contributed by atoms with Gasteiger partial charge in [0.2, 0.25) is 10.0 Å². The number of benzene rings is 2. The van der Waals surface area contributed by atoms with Crippen LogP contribution in [0.5, 0.6) is 5.75 Å². The lowest BCUT2D eigenvalue weighted by Gasteiger charge is -2.16. The van der Waals surface area contributed by atoms with E-state index in [-0.39, 0.29) is 17.9 Å². The maximum Gasteiger partial charge on any atom is 0.307 e. The first-order valence-corrected chi connectivity index (χ1v) is 11.0. The SMILES string of the molecule is CCC(OC(=O)CCNS(=O)(=O)c1ccc(OC)cc1)C(=O)NCc1ccccc1. The minimum atomic E-state index is -3.76. The first kappa shape index (κ1) is 23.4. The Hall–Kier alpha value is -2.91. The number of sulfonamides is 1. The molecule has 2 aromatic rings. The van der Waals surface area contributed by atoms with Crippen LogP contribution in [0.4, 0.5) is 0 Å². The molecular weight excluding hydrogens is 408 g/mol. The second kappa shape index (κ2) is 11.3. The van der Waals surface area contributed by atoms with Gasteiger partial charge in [0.05, 0.1) is 18.4 Å². The van der Waals surface area contributed by atoms with Crippen molar-refractivity contribution in [2.45, 2.75) is 37.3 Å². The van der Waals surface area contributed by atoms with Gasteiger partial charge in [0.25, 0.3) is 5.91 Å². The van der Waals surface area contributed by atoms with E-state index in [9.17, 15) is 18.0 Å². The number of amides is 1. The highest BCUT2D eigenvalue weighted by Crippen LogP contribution is 2.15. The minimum Gasteiger partial charge on any atom is -0.497 e. The summed E-state index contributed by atoms with van der Waals surface area (Å²) in [5.74, 6) is -0.517. The summed E-state index contributed by atoms with van der Waals surface area (Å²) in [6.45, 7) is 1.91. The molecule has 30 heavy (non-hydrogen) atoms. The number of ether oxygens (including phenoxy) is 2. The molecule has 1 amide bonds. The summed E-state index contributed by atoms with van der Waals surface area (Å²) >= 11 is 0. The van der Waals surface area contributed by atoms with E-state index in [4.69, 9.17) is 9.47 Å². The van der Waals surface area contributed by atoms with Crippen LogP contribution in [0.3, 0.4) is 0 Å². The Kier molecular flexibility index (Phi) is 8.82. The lowest BCUT2D eigenvalue weighted by molar-refractivity contribution is -0.156. The van der Waals surface area contributed by atoms with Gasteiger partial charge in [-0.2, -0.15) is 0 Å². The Morgan fingerprint density at radius 3 is 2.30 bits per heavy atom.